The normalized spacial score (nSPS) is 15.0. The second kappa shape index (κ2) is 7.89. The van der Waals surface area contributed by atoms with Crippen molar-refractivity contribution in [1.82, 2.24) is 14.3 Å². The van der Waals surface area contributed by atoms with Crippen LogP contribution in [0.2, 0.25) is 0 Å². The van der Waals surface area contributed by atoms with Crippen LogP contribution in [-0.2, 0) is 16.0 Å². The number of pyridine rings is 1. The average molecular weight is 409 g/mol. The Morgan fingerprint density at radius 1 is 1.17 bits per heavy atom. The number of benzene rings is 1. The minimum atomic E-state index is -0.798. The largest absolute Gasteiger partial charge is 0.481 e. The molecule has 1 amide bonds. The van der Waals surface area contributed by atoms with E-state index in [9.17, 15) is 19.1 Å². The maximum Gasteiger partial charge on any atom is 0.306 e. The molecule has 156 valence electrons. The molecular formula is C23H24FN3O3. The number of carboxylic acid groups (broad SMARTS) is 1. The molecule has 0 aliphatic carbocycles. The highest BCUT2D eigenvalue weighted by atomic mass is 19.1. The van der Waals surface area contributed by atoms with E-state index < -0.39 is 5.97 Å². The zero-order chi connectivity index (χ0) is 21.4. The molecule has 1 aliphatic heterocycles. The summed E-state index contributed by atoms with van der Waals surface area (Å²) >= 11 is 0. The van der Waals surface area contributed by atoms with Crippen LogP contribution in [0.4, 0.5) is 4.39 Å². The molecule has 0 bridgehead atoms. The third kappa shape index (κ3) is 3.79. The van der Waals surface area contributed by atoms with Gasteiger partial charge in [-0.15, -0.1) is 0 Å². The molecule has 0 spiro atoms. The Labute approximate surface area is 174 Å². The van der Waals surface area contributed by atoms with Crippen LogP contribution in [0.15, 0.2) is 36.5 Å². The second-order valence-corrected chi connectivity index (χ2v) is 7.98. The van der Waals surface area contributed by atoms with E-state index in [4.69, 9.17) is 4.98 Å². The highest BCUT2D eigenvalue weighted by molar-refractivity contribution is 5.82. The van der Waals surface area contributed by atoms with E-state index in [2.05, 4.69) is 0 Å². The summed E-state index contributed by atoms with van der Waals surface area (Å²) in [6.45, 7) is 4.56. The first kappa shape index (κ1) is 20.1. The standard InChI is InChI=1S/C23H24FN3O3/c1-14-3-6-20-25-22(17-4-5-18(24)15(2)11-17)19(27(20)13-14)12-21(28)26-9-7-16(8-10-26)23(29)30/h3-6,11,13,16H,7-10,12H2,1-2H3,(H,29,30). The predicted molar refractivity (Wildman–Crippen MR) is 111 cm³/mol. The van der Waals surface area contributed by atoms with Gasteiger partial charge >= 0.3 is 5.97 Å². The van der Waals surface area contributed by atoms with E-state index in [-0.39, 0.29) is 24.1 Å². The molecule has 0 saturated carbocycles. The summed E-state index contributed by atoms with van der Waals surface area (Å²) in [5.41, 5.74) is 4.47. The van der Waals surface area contributed by atoms with Crippen LogP contribution in [0.1, 0.15) is 29.7 Å². The minimum Gasteiger partial charge on any atom is -0.481 e. The minimum absolute atomic E-state index is 0.0535. The summed E-state index contributed by atoms with van der Waals surface area (Å²) in [5.74, 6) is -1.52. The molecule has 0 atom stereocenters. The lowest BCUT2D eigenvalue weighted by molar-refractivity contribution is -0.145. The van der Waals surface area contributed by atoms with Crippen molar-refractivity contribution in [2.75, 3.05) is 13.1 Å². The molecule has 4 rings (SSSR count). The quantitative estimate of drug-likeness (QED) is 0.714. The van der Waals surface area contributed by atoms with Crippen molar-refractivity contribution in [2.45, 2.75) is 33.1 Å². The van der Waals surface area contributed by atoms with E-state index in [1.165, 1.54) is 6.07 Å². The van der Waals surface area contributed by atoms with Gasteiger partial charge in [0.25, 0.3) is 0 Å². The number of rotatable bonds is 4. The maximum atomic E-state index is 13.8. The van der Waals surface area contributed by atoms with Gasteiger partial charge in [-0.05, 0) is 62.1 Å². The number of carbonyl (C=O) groups excluding carboxylic acids is 1. The molecule has 1 N–H and O–H groups in total. The Morgan fingerprint density at radius 3 is 2.57 bits per heavy atom. The van der Waals surface area contributed by atoms with Gasteiger partial charge in [0.05, 0.1) is 23.7 Å². The van der Waals surface area contributed by atoms with Gasteiger partial charge < -0.3 is 14.4 Å². The third-order valence-electron chi connectivity index (χ3n) is 5.81. The van der Waals surface area contributed by atoms with E-state index in [0.717, 1.165) is 22.5 Å². The fourth-order valence-electron chi connectivity index (χ4n) is 4.02. The summed E-state index contributed by atoms with van der Waals surface area (Å²) in [7, 11) is 0. The van der Waals surface area contributed by atoms with E-state index in [1.54, 1.807) is 24.0 Å². The molecule has 1 aliphatic rings. The summed E-state index contributed by atoms with van der Waals surface area (Å²) in [6, 6.07) is 8.72. The lowest BCUT2D eigenvalue weighted by atomic mass is 9.96. The van der Waals surface area contributed by atoms with Crippen LogP contribution < -0.4 is 0 Å². The number of amides is 1. The van der Waals surface area contributed by atoms with Gasteiger partial charge in [-0.3, -0.25) is 9.59 Å². The van der Waals surface area contributed by atoms with Crippen molar-refractivity contribution in [1.29, 1.82) is 0 Å². The monoisotopic (exact) mass is 409 g/mol. The first-order valence-electron chi connectivity index (χ1n) is 10.1. The first-order chi connectivity index (χ1) is 14.3. The van der Waals surface area contributed by atoms with Crippen molar-refractivity contribution >= 4 is 17.5 Å². The molecule has 1 fully saturated rings. The summed E-state index contributed by atoms with van der Waals surface area (Å²) in [6.07, 6.45) is 3.03. The highest BCUT2D eigenvalue weighted by Crippen LogP contribution is 2.28. The Hall–Kier alpha value is -3.22. The second-order valence-electron chi connectivity index (χ2n) is 7.98. The molecule has 1 aromatic carbocycles. The van der Waals surface area contributed by atoms with Crippen molar-refractivity contribution in [2.24, 2.45) is 5.92 Å². The molecule has 3 aromatic rings. The van der Waals surface area contributed by atoms with E-state index in [0.29, 0.717) is 37.2 Å². The third-order valence-corrected chi connectivity index (χ3v) is 5.81. The smallest absolute Gasteiger partial charge is 0.306 e. The van der Waals surface area contributed by atoms with E-state index >= 15 is 0 Å². The Bertz CT molecular complexity index is 1130. The zero-order valence-electron chi connectivity index (χ0n) is 17.1. The molecule has 1 saturated heterocycles. The van der Waals surface area contributed by atoms with Gasteiger partial charge in [-0.2, -0.15) is 0 Å². The number of piperidine rings is 1. The summed E-state index contributed by atoms with van der Waals surface area (Å²) < 4.78 is 15.7. The number of hydrogen-bond acceptors (Lipinski definition) is 3. The van der Waals surface area contributed by atoms with Gasteiger partial charge in [0, 0.05) is 24.8 Å². The van der Waals surface area contributed by atoms with Crippen LogP contribution in [-0.4, -0.2) is 44.4 Å². The van der Waals surface area contributed by atoms with E-state index in [1.807, 2.05) is 29.7 Å². The number of nitrogens with zero attached hydrogens (tertiary/aromatic N) is 3. The molecule has 6 nitrogen and oxygen atoms in total. The Kier molecular flexibility index (Phi) is 5.28. The van der Waals surface area contributed by atoms with Crippen molar-refractivity contribution in [3.63, 3.8) is 0 Å². The topological polar surface area (TPSA) is 74.9 Å². The van der Waals surface area contributed by atoms with Crippen molar-refractivity contribution < 1.29 is 19.1 Å². The van der Waals surface area contributed by atoms with Gasteiger partial charge in [0.15, 0.2) is 0 Å². The fourth-order valence-corrected chi connectivity index (χ4v) is 4.02. The molecule has 0 radical (unpaired) electrons. The molecule has 30 heavy (non-hydrogen) atoms. The number of aliphatic carboxylic acids is 1. The highest BCUT2D eigenvalue weighted by Gasteiger charge is 2.28. The lowest BCUT2D eigenvalue weighted by Gasteiger charge is -2.30. The number of imidazole rings is 1. The number of aryl methyl sites for hydroxylation is 2. The fraction of sp³-hybridized carbons (Fsp3) is 0.348. The molecule has 0 unspecified atom stereocenters. The number of aromatic nitrogens is 2. The van der Waals surface area contributed by atoms with Gasteiger partial charge in [0.1, 0.15) is 11.5 Å². The van der Waals surface area contributed by atoms with Gasteiger partial charge in [-0.25, -0.2) is 9.37 Å². The number of likely N-dealkylation sites (tertiary alicyclic amines) is 1. The SMILES string of the molecule is Cc1ccc2nc(-c3ccc(F)c(C)c3)c(CC(=O)N3CCC(C(=O)O)CC3)n2c1. The number of carbonyl (C=O) groups is 2. The van der Waals surface area contributed by atoms with Gasteiger partial charge in [0.2, 0.25) is 5.91 Å². The predicted octanol–water partition coefficient (Wildman–Crippen LogP) is 3.62. The Balaban J connectivity index is 1.68. The maximum absolute atomic E-state index is 13.8. The average Bonchev–Trinajstić information content (AvgIpc) is 3.07. The summed E-state index contributed by atoms with van der Waals surface area (Å²) in [5, 5.41) is 9.18. The van der Waals surface area contributed by atoms with Crippen LogP contribution in [0.5, 0.6) is 0 Å². The van der Waals surface area contributed by atoms with Crippen LogP contribution in [0.3, 0.4) is 0 Å². The number of carboxylic acids is 1. The zero-order valence-corrected chi connectivity index (χ0v) is 17.1. The van der Waals surface area contributed by atoms with Crippen LogP contribution in [0.25, 0.3) is 16.9 Å². The molecular weight excluding hydrogens is 385 g/mol. The van der Waals surface area contributed by atoms with Gasteiger partial charge in [-0.1, -0.05) is 6.07 Å². The number of hydrogen-bond donors (Lipinski definition) is 1. The number of fused-ring (bicyclic) bond motifs is 1. The number of halogens is 1. The summed E-state index contributed by atoms with van der Waals surface area (Å²) in [4.78, 5) is 30.7. The van der Waals surface area contributed by atoms with Crippen molar-refractivity contribution in [3.8, 4) is 11.3 Å². The van der Waals surface area contributed by atoms with Crippen molar-refractivity contribution in [3.05, 3.63) is 59.2 Å². The molecule has 7 heteroatoms. The molecule has 3 heterocycles. The van der Waals surface area contributed by atoms with Crippen LogP contribution >= 0.6 is 0 Å². The molecule has 2 aromatic heterocycles. The first-order valence-corrected chi connectivity index (χ1v) is 10.1. The Morgan fingerprint density at radius 2 is 1.90 bits per heavy atom. The van der Waals surface area contributed by atoms with Crippen LogP contribution in [0, 0.1) is 25.6 Å². The lowest BCUT2D eigenvalue weighted by Crippen LogP contribution is -2.41.